The number of carbonyl (C=O) groups excluding carboxylic acids is 1. The van der Waals surface area contributed by atoms with Crippen molar-refractivity contribution in [1.82, 2.24) is 0 Å². The topological polar surface area (TPSA) is 55.8 Å². The lowest BCUT2D eigenvalue weighted by atomic mass is 10.2. The van der Waals surface area contributed by atoms with E-state index in [1.807, 2.05) is 0 Å². The lowest BCUT2D eigenvalue weighted by Crippen LogP contribution is -2.26. The molecule has 4 heteroatoms. The van der Waals surface area contributed by atoms with Gasteiger partial charge in [-0.15, -0.1) is 0 Å². The summed E-state index contributed by atoms with van der Waals surface area (Å²) < 4.78 is 10.7. The molecule has 0 spiro atoms. The zero-order chi connectivity index (χ0) is 9.19. The largest absolute Gasteiger partial charge is 0.394 e. The van der Waals surface area contributed by atoms with Crippen molar-refractivity contribution in [2.75, 3.05) is 6.61 Å². The molecule has 0 aromatic heterocycles. The zero-order valence-electron chi connectivity index (χ0n) is 7.32. The first-order valence-electron chi connectivity index (χ1n) is 3.99. The fourth-order valence-corrected chi connectivity index (χ4v) is 1.36. The molecule has 0 radical (unpaired) electrons. The van der Waals surface area contributed by atoms with Crippen molar-refractivity contribution in [3.63, 3.8) is 0 Å². The molecule has 4 nitrogen and oxygen atoms in total. The van der Waals surface area contributed by atoms with Gasteiger partial charge in [-0.3, -0.25) is 0 Å². The molecule has 1 fully saturated rings. The second kappa shape index (κ2) is 3.51. The molecule has 12 heavy (non-hydrogen) atoms. The summed E-state index contributed by atoms with van der Waals surface area (Å²) in [5.41, 5.74) is 0. The molecular formula is C8H14O4. The highest BCUT2D eigenvalue weighted by atomic mass is 16.8. The van der Waals surface area contributed by atoms with Gasteiger partial charge in [-0.1, -0.05) is 0 Å². The molecule has 1 aliphatic heterocycles. The van der Waals surface area contributed by atoms with Crippen molar-refractivity contribution in [2.45, 2.75) is 38.3 Å². The molecule has 1 heterocycles. The van der Waals surface area contributed by atoms with Gasteiger partial charge in [0.05, 0.1) is 12.7 Å². The number of carbonyl (C=O) groups is 1. The Morgan fingerprint density at radius 1 is 1.42 bits per heavy atom. The van der Waals surface area contributed by atoms with Gasteiger partial charge in [0.25, 0.3) is 0 Å². The van der Waals surface area contributed by atoms with Gasteiger partial charge in [-0.05, 0) is 13.8 Å². The molecule has 1 rings (SSSR count). The first-order chi connectivity index (χ1) is 5.59. The smallest absolute Gasteiger partial charge is 0.163 e. The van der Waals surface area contributed by atoms with Crippen LogP contribution >= 0.6 is 0 Å². The number of aliphatic hydroxyl groups is 1. The summed E-state index contributed by atoms with van der Waals surface area (Å²) in [4.78, 5) is 10.2. The van der Waals surface area contributed by atoms with Crippen LogP contribution in [-0.4, -0.2) is 36.0 Å². The molecule has 0 aromatic rings. The monoisotopic (exact) mass is 174 g/mol. The molecule has 0 bridgehead atoms. The lowest BCUT2D eigenvalue weighted by Gasteiger charge is -2.16. The van der Waals surface area contributed by atoms with Gasteiger partial charge in [0.1, 0.15) is 12.4 Å². The van der Waals surface area contributed by atoms with Gasteiger partial charge in [0.15, 0.2) is 5.79 Å². The summed E-state index contributed by atoms with van der Waals surface area (Å²) >= 11 is 0. The van der Waals surface area contributed by atoms with Crippen LogP contribution in [0.4, 0.5) is 0 Å². The molecule has 1 aliphatic rings. The van der Waals surface area contributed by atoms with Crippen molar-refractivity contribution in [3.05, 3.63) is 0 Å². The van der Waals surface area contributed by atoms with Gasteiger partial charge in [0, 0.05) is 6.42 Å². The molecule has 2 atom stereocenters. The lowest BCUT2D eigenvalue weighted by molar-refractivity contribution is -0.149. The molecule has 1 N–H and O–H groups in total. The van der Waals surface area contributed by atoms with E-state index in [1.54, 1.807) is 13.8 Å². The van der Waals surface area contributed by atoms with Crippen LogP contribution in [-0.2, 0) is 14.3 Å². The molecule has 70 valence electrons. The molecule has 0 aliphatic carbocycles. The molecule has 1 saturated heterocycles. The van der Waals surface area contributed by atoms with Crippen LogP contribution in [0.5, 0.6) is 0 Å². The van der Waals surface area contributed by atoms with Crippen LogP contribution in [0.3, 0.4) is 0 Å². The summed E-state index contributed by atoms with van der Waals surface area (Å²) in [5.74, 6) is -0.679. The van der Waals surface area contributed by atoms with Gasteiger partial charge in [0.2, 0.25) is 0 Å². The standard InChI is InChI=1S/C8H14O4/c1-8(2)11-6(3-4-9)7(5-10)12-8/h4,6-7,10H,3,5H2,1-2H3/t6-,7+/m0/s1. The van der Waals surface area contributed by atoms with Gasteiger partial charge in [-0.2, -0.15) is 0 Å². The molecule has 0 aromatic carbocycles. The third-order valence-electron chi connectivity index (χ3n) is 1.79. The fraction of sp³-hybridized carbons (Fsp3) is 0.875. The quantitative estimate of drug-likeness (QED) is 0.616. The van der Waals surface area contributed by atoms with Crippen LogP contribution < -0.4 is 0 Å². The highest BCUT2D eigenvalue weighted by molar-refractivity contribution is 5.50. The summed E-state index contributed by atoms with van der Waals surface area (Å²) in [7, 11) is 0. The Morgan fingerprint density at radius 2 is 2.00 bits per heavy atom. The second-order valence-electron chi connectivity index (χ2n) is 3.30. The molecular weight excluding hydrogens is 160 g/mol. The summed E-state index contributed by atoms with van der Waals surface area (Å²) in [5, 5.41) is 8.87. The SMILES string of the molecule is CC1(C)O[C@@H](CC=O)[C@@H](CO)O1. The Morgan fingerprint density at radius 3 is 2.50 bits per heavy atom. The predicted octanol–water partition coefficient (Wildman–Crippen LogP) is 0.0878. The predicted molar refractivity (Wildman–Crippen MR) is 41.6 cm³/mol. The van der Waals surface area contributed by atoms with Crippen molar-refractivity contribution in [1.29, 1.82) is 0 Å². The Kier molecular flexibility index (Phi) is 2.82. The number of ether oxygens (including phenoxy) is 2. The summed E-state index contributed by atoms with van der Waals surface area (Å²) in [6.07, 6.45) is 0.375. The average Bonchev–Trinajstić information content (AvgIpc) is 2.26. The van der Waals surface area contributed by atoms with Crippen molar-refractivity contribution >= 4 is 6.29 Å². The minimum Gasteiger partial charge on any atom is -0.394 e. The highest BCUT2D eigenvalue weighted by Crippen LogP contribution is 2.28. The minimum absolute atomic E-state index is 0.109. The maximum Gasteiger partial charge on any atom is 0.163 e. The number of aliphatic hydroxyl groups excluding tert-OH is 1. The van der Waals surface area contributed by atoms with Crippen LogP contribution in [0.2, 0.25) is 0 Å². The van der Waals surface area contributed by atoms with Gasteiger partial charge < -0.3 is 19.4 Å². The van der Waals surface area contributed by atoms with E-state index < -0.39 is 5.79 Å². The number of rotatable bonds is 3. The van der Waals surface area contributed by atoms with E-state index in [9.17, 15) is 4.79 Å². The van der Waals surface area contributed by atoms with Crippen molar-refractivity contribution in [3.8, 4) is 0 Å². The number of hydrogen-bond acceptors (Lipinski definition) is 4. The van der Waals surface area contributed by atoms with E-state index in [0.29, 0.717) is 0 Å². The fourth-order valence-electron chi connectivity index (χ4n) is 1.36. The third-order valence-corrected chi connectivity index (χ3v) is 1.79. The third kappa shape index (κ3) is 2.03. The number of aldehydes is 1. The van der Waals surface area contributed by atoms with E-state index in [-0.39, 0.29) is 25.2 Å². The minimum atomic E-state index is -0.679. The number of hydrogen-bond donors (Lipinski definition) is 1. The second-order valence-corrected chi connectivity index (χ2v) is 3.30. The van der Waals surface area contributed by atoms with Crippen LogP contribution in [0.1, 0.15) is 20.3 Å². The average molecular weight is 174 g/mol. The van der Waals surface area contributed by atoms with E-state index in [0.717, 1.165) is 6.29 Å². The van der Waals surface area contributed by atoms with E-state index in [2.05, 4.69) is 0 Å². The Labute approximate surface area is 71.5 Å². The van der Waals surface area contributed by atoms with Gasteiger partial charge >= 0.3 is 0 Å². The van der Waals surface area contributed by atoms with Crippen molar-refractivity contribution < 1.29 is 19.4 Å². The maximum atomic E-state index is 10.2. The molecule has 0 saturated carbocycles. The first-order valence-corrected chi connectivity index (χ1v) is 3.99. The highest BCUT2D eigenvalue weighted by Gasteiger charge is 2.40. The van der Waals surface area contributed by atoms with E-state index in [4.69, 9.17) is 14.6 Å². The molecule has 0 amide bonds. The Hall–Kier alpha value is -0.450. The van der Waals surface area contributed by atoms with Crippen LogP contribution in [0, 0.1) is 0 Å². The normalized spacial score (nSPS) is 33.6. The zero-order valence-corrected chi connectivity index (χ0v) is 7.32. The van der Waals surface area contributed by atoms with Crippen LogP contribution in [0.25, 0.3) is 0 Å². The first kappa shape index (κ1) is 9.64. The van der Waals surface area contributed by atoms with E-state index >= 15 is 0 Å². The van der Waals surface area contributed by atoms with Crippen LogP contribution in [0.15, 0.2) is 0 Å². The summed E-state index contributed by atoms with van der Waals surface area (Å²) in [6, 6.07) is 0. The Bertz CT molecular complexity index is 166. The van der Waals surface area contributed by atoms with E-state index in [1.165, 1.54) is 0 Å². The maximum absolute atomic E-state index is 10.2. The van der Waals surface area contributed by atoms with Crippen molar-refractivity contribution in [2.24, 2.45) is 0 Å². The summed E-state index contributed by atoms with van der Waals surface area (Å²) in [6.45, 7) is 3.42. The Balaban J connectivity index is 2.56. The molecule has 0 unspecified atom stereocenters. The van der Waals surface area contributed by atoms with Gasteiger partial charge in [-0.25, -0.2) is 0 Å².